The first-order valence-corrected chi connectivity index (χ1v) is 8.84. The predicted molar refractivity (Wildman–Crippen MR) is 79.5 cm³/mol. The number of amides is 1. The molecule has 1 fully saturated rings. The fourth-order valence-corrected chi connectivity index (χ4v) is 3.19. The van der Waals surface area contributed by atoms with Gasteiger partial charge in [0.15, 0.2) is 9.84 Å². The molecule has 0 aromatic heterocycles. The van der Waals surface area contributed by atoms with Crippen LogP contribution in [0.4, 0.5) is 0 Å². The van der Waals surface area contributed by atoms with Crippen molar-refractivity contribution in [3.05, 3.63) is 34.9 Å². The predicted octanol–water partition coefficient (Wildman–Crippen LogP) is 2.27. The second-order valence-corrected chi connectivity index (χ2v) is 7.96. The number of carbonyl (C=O) groups excluding carboxylic acids is 1. The summed E-state index contributed by atoms with van der Waals surface area (Å²) in [5, 5.41) is 3.54. The zero-order chi connectivity index (χ0) is 14.8. The highest BCUT2D eigenvalue weighted by molar-refractivity contribution is 7.92. The van der Waals surface area contributed by atoms with Gasteiger partial charge in [0, 0.05) is 10.8 Å². The Morgan fingerprint density at radius 2 is 1.90 bits per heavy atom. The van der Waals surface area contributed by atoms with Crippen LogP contribution in [0.25, 0.3) is 0 Å². The molecule has 0 unspecified atom stereocenters. The fourth-order valence-electron chi connectivity index (χ4n) is 2.39. The number of rotatable bonds is 5. The van der Waals surface area contributed by atoms with E-state index >= 15 is 0 Å². The van der Waals surface area contributed by atoms with Crippen molar-refractivity contribution in [1.29, 1.82) is 0 Å². The Morgan fingerprint density at radius 1 is 1.30 bits per heavy atom. The third-order valence-corrected chi connectivity index (χ3v) is 5.61. The molecular formula is C14H18ClNO3S. The molecular weight excluding hydrogens is 298 g/mol. The van der Waals surface area contributed by atoms with Gasteiger partial charge in [0.25, 0.3) is 0 Å². The number of carbonyl (C=O) groups is 1. The summed E-state index contributed by atoms with van der Waals surface area (Å²) in [7, 11) is -3.30. The smallest absolute Gasteiger partial charge is 0.235 e. The largest absolute Gasteiger partial charge is 0.346 e. The van der Waals surface area contributed by atoms with Crippen LogP contribution in [0.15, 0.2) is 24.3 Å². The molecule has 1 N–H and O–H groups in total. The van der Waals surface area contributed by atoms with E-state index in [1.54, 1.807) is 19.1 Å². The molecule has 2 rings (SSSR count). The van der Waals surface area contributed by atoms with Crippen molar-refractivity contribution < 1.29 is 13.2 Å². The van der Waals surface area contributed by atoms with Gasteiger partial charge in [-0.2, -0.15) is 0 Å². The second-order valence-electron chi connectivity index (χ2n) is 5.17. The van der Waals surface area contributed by atoms with Gasteiger partial charge in [-0.15, -0.1) is 0 Å². The van der Waals surface area contributed by atoms with Gasteiger partial charge in [-0.05, 0) is 37.0 Å². The maximum absolute atomic E-state index is 11.9. The highest BCUT2D eigenvalue weighted by Gasteiger charge is 2.40. The second kappa shape index (κ2) is 5.74. The number of nitrogens with one attached hydrogen (secondary N) is 1. The molecule has 0 bridgehead atoms. The van der Waals surface area contributed by atoms with Crippen LogP contribution in [0, 0.1) is 0 Å². The van der Waals surface area contributed by atoms with Gasteiger partial charge in [0.05, 0.1) is 5.54 Å². The van der Waals surface area contributed by atoms with Crippen molar-refractivity contribution >= 4 is 27.3 Å². The fraction of sp³-hybridized carbons (Fsp3) is 0.500. The van der Waals surface area contributed by atoms with Crippen LogP contribution in [0.3, 0.4) is 0 Å². The highest BCUT2D eigenvalue weighted by Crippen LogP contribution is 2.41. The highest BCUT2D eigenvalue weighted by atomic mass is 35.5. The Kier molecular flexibility index (Phi) is 4.39. The van der Waals surface area contributed by atoms with Crippen molar-refractivity contribution in [1.82, 2.24) is 5.32 Å². The molecule has 20 heavy (non-hydrogen) atoms. The average Bonchev–Trinajstić information content (AvgIpc) is 2.34. The Bertz CT molecular complexity index is 591. The average molecular weight is 316 g/mol. The molecule has 0 atom stereocenters. The van der Waals surface area contributed by atoms with E-state index in [9.17, 15) is 13.2 Å². The number of benzene rings is 1. The zero-order valence-corrected chi connectivity index (χ0v) is 12.9. The molecule has 0 radical (unpaired) electrons. The molecule has 0 saturated heterocycles. The van der Waals surface area contributed by atoms with Crippen LogP contribution in [0.5, 0.6) is 0 Å². The van der Waals surface area contributed by atoms with Crippen molar-refractivity contribution in [2.24, 2.45) is 0 Å². The van der Waals surface area contributed by atoms with Crippen molar-refractivity contribution in [3.63, 3.8) is 0 Å². The lowest BCUT2D eigenvalue weighted by molar-refractivity contribution is -0.121. The van der Waals surface area contributed by atoms with Crippen molar-refractivity contribution in [2.45, 2.75) is 31.7 Å². The Hall–Kier alpha value is -1.07. The molecule has 1 saturated carbocycles. The van der Waals surface area contributed by atoms with E-state index in [4.69, 9.17) is 11.6 Å². The topological polar surface area (TPSA) is 63.2 Å². The molecule has 4 nitrogen and oxygen atoms in total. The summed E-state index contributed by atoms with van der Waals surface area (Å²) in [5.74, 6) is -0.894. The molecule has 0 aliphatic heterocycles. The lowest BCUT2D eigenvalue weighted by Gasteiger charge is -2.43. The summed E-state index contributed by atoms with van der Waals surface area (Å²) in [4.78, 5) is 11.9. The van der Waals surface area contributed by atoms with Crippen LogP contribution < -0.4 is 5.32 Å². The number of sulfone groups is 1. The van der Waals surface area contributed by atoms with Crippen molar-refractivity contribution in [2.75, 3.05) is 11.5 Å². The van der Waals surface area contributed by atoms with Crippen molar-refractivity contribution in [3.8, 4) is 0 Å². The molecule has 0 heterocycles. The van der Waals surface area contributed by atoms with Gasteiger partial charge in [0.1, 0.15) is 5.75 Å². The van der Waals surface area contributed by atoms with E-state index in [-0.39, 0.29) is 5.75 Å². The Balaban J connectivity index is 2.12. The van der Waals surface area contributed by atoms with Gasteiger partial charge >= 0.3 is 0 Å². The number of hydrogen-bond donors (Lipinski definition) is 1. The Labute approximate surface area is 124 Å². The molecule has 1 aliphatic rings. The third kappa shape index (κ3) is 3.33. The molecule has 1 aliphatic carbocycles. The van der Waals surface area contributed by atoms with Crippen LogP contribution in [-0.2, 0) is 20.2 Å². The van der Waals surface area contributed by atoms with Gasteiger partial charge in [0.2, 0.25) is 5.91 Å². The van der Waals surface area contributed by atoms with Gasteiger partial charge in [-0.25, -0.2) is 8.42 Å². The summed E-state index contributed by atoms with van der Waals surface area (Å²) in [6.07, 6.45) is 2.67. The Morgan fingerprint density at radius 3 is 2.35 bits per heavy atom. The van der Waals surface area contributed by atoms with E-state index in [0.29, 0.717) is 5.02 Å². The summed E-state index contributed by atoms with van der Waals surface area (Å²) >= 11 is 5.87. The standard InChI is InChI=1S/C14H18ClNO3S/c1-2-20(18,19)10-13(17)16-14(8-3-9-14)11-4-6-12(15)7-5-11/h4-7H,2-3,8-10H2,1H3,(H,16,17). The summed E-state index contributed by atoms with van der Waals surface area (Å²) in [5.41, 5.74) is 0.556. The van der Waals surface area contributed by atoms with Crippen LogP contribution in [-0.4, -0.2) is 25.8 Å². The van der Waals surface area contributed by atoms with Crippen LogP contribution in [0.2, 0.25) is 5.02 Å². The summed E-state index contributed by atoms with van der Waals surface area (Å²) in [6.45, 7) is 1.54. The lowest BCUT2D eigenvalue weighted by atomic mass is 9.72. The van der Waals surface area contributed by atoms with Crippen LogP contribution in [0.1, 0.15) is 31.7 Å². The molecule has 1 aromatic carbocycles. The minimum atomic E-state index is -3.30. The maximum Gasteiger partial charge on any atom is 0.235 e. The van der Waals surface area contributed by atoms with E-state index in [1.165, 1.54) is 0 Å². The molecule has 110 valence electrons. The van der Waals surface area contributed by atoms with E-state index in [2.05, 4.69) is 5.32 Å². The molecule has 6 heteroatoms. The number of halogens is 1. The first-order chi connectivity index (χ1) is 9.37. The molecule has 1 amide bonds. The minimum absolute atomic E-state index is 0.0195. The van der Waals surface area contributed by atoms with E-state index in [0.717, 1.165) is 24.8 Å². The normalized spacial score (nSPS) is 17.3. The van der Waals surface area contributed by atoms with Crippen LogP contribution >= 0.6 is 11.6 Å². The first kappa shape index (κ1) is 15.3. The lowest BCUT2D eigenvalue weighted by Crippen LogP contribution is -2.52. The van der Waals surface area contributed by atoms with Gasteiger partial charge in [-0.1, -0.05) is 30.7 Å². The number of hydrogen-bond acceptors (Lipinski definition) is 3. The summed E-state index contributed by atoms with van der Waals surface area (Å²) < 4.78 is 23.0. The van der Waals surface area contributed by atoms with E-state index in [1.807, 2.05) is 12.1 Å². The monoisotopic (exact) mass is 315 g/mol. The first-order valence-electron chi connectivity index (χ1n) is 6.64. The SMILES string of the molecule is CCS(=O)(=O)CC(=O)NC1(c2ccc(Cl)cc2)CCC1. The maximum atomic E-state index is 11.9. The third-order valence-electron chi connectivity index (χ3n) is 3.77. The quantitative estimate of drug-likeness (QED) is 0.906. The molecule has 0 spiro atoms. The van der Waals surface area contributed by atoms with Gasteiger partial charge < -0.3 is 5.32 Å². The van der Waals surface area contributed by atoms with E-state index < -0.39 is 27.0 Å². The summed E-state index contributed by atoms with van der Waals surface area (Å²) in [6, 6.07) is 7.34. The minimum Gasteiger partial charge on any atom is -0.346 e. The van der Waals surface area contributed by atoms with Gasteiger partial charge in [-0.3, -0.25) is 4.79 Å². The zero-order valence-electron chi connectivity index (χ0n) is 11.4. The molecule has 1 aromatic rings.